The van der Waals surface area contributed by atoms with Crippen LogP contribution in [0.1, 0.15) is 22.1 Å². The summed E-state index contributed by atoms with van der Waals surface area (Å²) in [4.78, 5) is 24.1. The molecule has 0 spiro atoms. The number of benzene rings is 2. The highest BCUT2D eigenvalue weighted by molar-refractivity contribution is 6.14. The maximum Gasteiger partial charge on any atom is 0.257 e. The van der Waals surface area contributed by atoms with Crippen molar-refractivity contribution in [3.63, 3.8) is 0 Å². The lowest BCUT2D eigenvalue weighted by molar-refractivity contribution is 0.0941. The first-order valence-corrected chi connectivity index (χ1v) is 6.74. The zero-order chi connectivity index (χ0) is 15.7. The van der Waals surface area contributed by atoms with E-state index in [4.69, 9.17) is 0 Å². The van der Waals surface area contributed by atoms with Crippen molar-refractivity contribution >= 4 is 28.4 Å². The molecule has 0 unspecified atom stereocenters. The van der Waals surface area contributed by atoms with Crippen LogP contribution in [0.3, 0.4) is 0 Å². The molecule has 0 aliphatic carbocycles. The number of aromatic nitrogens is 1. The third-order valence-corrected chi connectivity index (χ3v) is 3.38. The van der Waals surface area contributed by atoms with Crippen molar-refractivity contribution in [2.24, 2.45) is 0 Å². The van der Waals surface area contributed by atoms with Gasteiger partial charge in [0.1, 0.15) is 5.82 Å². The maximum absolute atomic E-state index is 13.2. The standard InChI is InChI=1S/C17H13FN2O2/c1-11(21)20-10-15(14-7-2-3-8-16(14)20)17(22)19-13-6-4-5-12(18)9-13/h2-10H,1H3,(H,19,22). The number of hydrogen-bond acceptors (Lipinski definition) is 2. The Morgan fingerprint density at radius 3 is 2.59 bits per heavy atom. The summed E-state index contributed by atoms with van der Waals surface area (Å²) in [6.45, 7) is 1.43. The van der Waals surface area contributed by atoms with Crippen molar-refractivity contribution in [2.75, 3.05) is 5.32 Å². The minimum absolute atomic E-state index is 0.180. The number of carbonyl (C=O) groups excluding carboxylic acids is 2. The summed E-state index contributed by atoms with van der Waals surface area (Å²) in [5.74, 6) is -0.994. The summed E-state index contributed by atoms with van der Waals surface area (Å²) >= 11 is 0. The number of nitrogens with zero attached hydrogens (tertiary/aromatic N) is 1. The van der Waals surface area contributed by atoms with E-state index in [1.54, 1.807) is 30.3 Å². The van der Waals surface area contributed by atoms with Crippen molar-refractivity contribution in [3.05, 3.63) is 66.1 Å². The molecule has 0 fully saturated rings. The highest BCUT2D eigenvalue weighted by Gasteiger charge is 2.16. The molecule has 110 valence electrons. The van der Waals surface area contributed by atoms with Crippen molar-refractivity contribution in [1.82, 2.24) is 4.57 Å². The molecule has 1 N–H and O–H groups in total. The van der Waals surface area contributed by atoms with Crippen LogP contribution in [0.4, 0.5) is 10.1 Å². The SMILES string of the molecule is CC(=O)n1cc(C(=O)Nc2cccc(F)c2)c2ccccc21. The van der Waals surface area contributed by atoms with Gasteiger partial charge >= 0.3 is 0 Å². The molecule has 2 aromatic carbocycles. The molecule has 0 saturated heterocycles. The van der Waals surface area contributed by atoms with Crippen molar-refractivity contribution in [2.45, 2.75) is 6.92 Å². The number of rotatable bonds is 2. The van der Waals surface area contributed by atoms with Gasteiger partial charge in [0.25, 0.3) is 5.91 Å². The minimum Gasteiger partial charge on any atom is -0.322 e. The van der Waals surface area contributed by atoms with Gasteiger partial charge in [0.15, 0.2) is 0 Å². The van der Waals surface area contributed by atoms with Gasteiger partial charge in [-0.05, 0) is 24.3 Å². The van der Waals surface area contributed by atoms with Crippen LogP contribution in [0.15, 0.2) is 54.7 Å². The molecule has 0 aliphatic heterocycles. The molecule has 0 radical (unpaired) electrons. The summed E-state index contributed by atoms with van der Waals surface area (Å²) in [5.41, 5.74) is 1.40. The number of halogens is 1. The number of para-hydroxylation sites is 1. The molecule has 0 aliphatic rings. The van der Waals surface area contributed by atoms with Gasteiger partial charge in [0.2, 0.25) is 5.91 Å². The van der Waals surface area contributed by atoms with Gasteiger partial charge in [-0.1, -0.05) is 24.3 Å². The highest BCUT2D eigenvalue weighted by Crippen LogP contribution is 2.22. The van der Waals surface area contributed by atoms with Crippen LogP contribution in [-0.2, 0) is 0 Å². The van der Waals surface area contributed by atoms with E-state index >= 15 is 0 Å². The van der Waals surface area contributed by atoms with Crippen LogP contribution < -0.4 is 5.32 Å². The lowest BCUT2D eigenvalue weighted by Crippen LogP contribution is -2.12. The Morgan fingerprint density at radius 1 is 1.09 bits per heavy atom. The third kappa shape index (κ3) is 2.48. The largest absolute Gasteiger partial charge is 0.322 e. The quantitative estimate of drug-likeness (QED) is 0.784. The topological polar surface area (TPSA) is 51.1 Å². The second kappa shape index (κ2) is 5.44. The van der Waals surface area contributed by atoms with Gasteiger partial charge in [-0.3, -0.25) is 14.2 Å². The molecule has 0 atom stereocenters. The molecule has 4 nitrogen and oxygen atoms in total. The number of nitrogens with one attached hydrogen (secondary N) is 1. The molecule has 3 rings (SSSR count). The molecule has 1 heterocycles. The number of amides is 1. The highest BCUT2D eigenvalue weighted by atomic mass is 19.1. The summed E-state index contributed by atoms with van der Waals surface area (Å²) in [6.07, 6.45) is 1.50. The van der Waals surface area contributed by atoms with E-state index in [0.29, 0.717) is 22.2 Å². The molecular formula is C17H13FN2O2. The van der Waals surface area contributed by atoms with Gasteiger partial charge in [0, 0.05) is 24.2 Å². The Labute approximate surface area is 126 Å². The van der Waals surface area contributed by atoms with Gasteiger partial charge in [0.05, 0.1) is 11.1 Å². The Morgan fingerprint density at radius 2 is 1.86 bits per heavy atom. The lowest BCUT2D eigenvalue weighted by Gasteiger charge is -2.04. The number of anilines is 1. The smallest absolute Gasteiger partial charge is 0.257 e. The van der Waals surface area contributed by atoms with E-state index in [0.717, 1.165) is 0 Å². The average molecular weight is 296 g/mol. The molecule has 1 aromatic heterocycles. The molecule has 22 heavy (non-hydrogen) atoms. The lowest BCUT2D eigenvalue weighted by atomic mass is 10.1. The van der Waals surface area contributed by atoms with E-state index in [2.05, 4.69) is 5.32 Å². The monoisotopic (exact) mass is 296 g/mol. The molecule has 0 bridgehead atoms. The third-order valence-electron chi connectivity index (χ3n) is 3.38. The van der Waals surface area contributed by atoms with Gasteiger partial charge in [-0.15, -0.1) is 0 Å². The molecule has 1 amide bonds. The zero-order valence-corrected chi connectivity index (χ0v) is 11.8. The van der Waals surface area contributed by atoms with E-state index in [1.165, 1.54) is 35.9 Å². The second-order valence-corrected chi connectivity index (χ2v) is 4.91. The zero-order valence-electron chi connectivity index (χ0n) is 11.8. The summed E-state index contributed by atoms with van der Waals surface area (Å²) in [6, 6.07) is 12.8. The van der Waals surface area contributed by atoms with Crippen LogP contribution in [0.5, 0.6) is 0 Å². The van der Waals surface area contributed by atoms with Crippen molar-refractivity contribution in [3.8, 4) is 0 Å². The van der Waals surface area contributed by atoms with E-state index in [-0.39, 0.29) is 11.8 Å². The van der Waals surface area contributed by atoms with Crippen LogP contribution in [0.2, 0.25) is 0 Å². The van der Waals surface area contributed by atoms with Crippen LogP contribution in [0.25, 0.3) is 10.9 Å². The average Bonchev–Trinajstić information content (AvgIpc) is 2.87. The number of fused-ring (bicyclic) bond motifs is 1. The molecular weight excluding hydrogens is 283 g/mol. The minimum atomic E-state index is -0.427. The van der Waals surface area contributed by atoms with E-state index in [1.807, 2.05) is 0 Å². The van der Waals surface area contributed by atoms with Gasteiger partial charge < -0.3 is 5.32 Å². The van der Waals surface area contributed by atoms with E-state index < -0.39 is 5.82 Å². The fourth-order valence-electron chi connectivity index (χ4n) is 2.39. The molecule has 3 aromatic rings. The first-order valence-electron chi connectivity index (χ1n) is 6.74. The normalized spacial score (nSPS) is 10.6. The van der Waals surface area contributed by atoms with Gasteiger partial charge in [-0.25, -0.2) is 4.39 Å². The Hall–Kier alpha value is -2.95. The molecule has 0 saturated carbocycles. The first kappa shape index (κ1) is 14.0. The number of carbonyl (C=O) groups is 2. The predicted molar refractivity (Wildman–Crippen MR) is 82.6 cm³/mol. The van der Waals surface area contributed by atoms with E-state index in [9.17, 15) is 14.0 Å². The first-order chi connectivity index (χ1) is 10.6. The molecule has 5 heteroatoms. The maximum atomic E-state index is 13.2. The predicted octanol–water partition coefficient (Wildman–Crippen LogP) is 3.69. The summed E-state index contributed by atoms with van der Waals surface area (Å²) < 4.78 is 14.6. The Balaban J connectivity index is 2.02. The fraction of sp³-hybridized carbons (Fsp3) is 0.0588. The summed E-state index contributed by atoms with van der Waals surface area (Å²) in [5, 5.41) is 3.31. The second-order valence-electron chi connectivity index (χ2n) is 4.91. The Kier molecular flexibility index (Phi) is 3.47. The van der Waals surface area contributed by atoms with Crippen LogP contribution >= 0.6 is 0 Å². The van der Waals surface area contributed by atoms with Crippen molar-refractivity contribution < 1.29 is 14.0 Å². The van der Waals surface area contributed by atoms with Crippen molar-refractivity contribution in [1.29, 1.82) is 0 Å². The van der Waals surface area contributed by atoms with Crippen LogP contribution in [0, 0.1) is 5.82 Å². The van der Waals surface area contributed by atoms with Crippen LogP contribution in [-0.4, -0.2) is 16.4 Å². The summed E-state index contributed by atoms with van der Waals surface area (Å²) in [7, 11) is 0. The fourth-order valence-corrected chi connectivity index (χ4v) is 2.39. The Bertz CT molecular complexity index is 883. The van der Waals surface area contributed by atoms with Gasteiger partial charge in [-0.2, -0.15) is 0 Å². The number of hydrogen-bond donors (Lipinski definition) is 1.